The number of carbonyl (C=O) groups is 4. The van der Waals surface area contributed by atoms with E-state index in [0.29, 0.717) is 5.69 Å². The van der Waals surface area contributed by atoms with Gasteiger partial charge >= 0.3 is 5.97 Å². The second-order valence-corrected chi connectivity index (χ2v) is 6.33. The number of ether oxygens (including phenoxy) is 1. The number of hydrogen-bond donors (Lipinski definition) is 1. The first-order valence-electron chi connectivity index (χ1n) is 8.69. The van der Waals surface area contributed by atoms with Gasteiger partial charge in [-0.2, -0.15) is 0 Å². The lowest BCUT2D eigenvalue weighted by Crippen LogP contribution is -2.30. The van der Waals surface area contributed by atoms with Gasteiger partial charge in [0.1, 0.15) is 11.6 Å². The predicted molar refractivity (Wildman–Crippen MR) is 98.0 cm³/mol. The van der Waals surface area contributed by atoms with Crippen LogP contribution in [0.4, 0.5) is 20.2 Å². The topological polar surface area (TPSA) is 92.8 Å². The van der Waals surface area contributed by atoms with E-state index in [4.69, 9.17) is 4.74 Å². The molecule has 0 bridgehead atoms. The molecule has 1 N–H and O–H groups in total. The largest absolute Gasteiger partial charge is 0.449 e. The van der Waals surface area contributed by atoms with Gasteiger partial charge in [-0.15, -0.1) is 0 Å². The number of esters is 1. The fourth-order valence-electron chi connectivity index (χ4n) is 2.72. The van der Waals surface area contributed by atoms with Crippen LogP contribution in [0.1, 0.15) is 30.1 Å². The van der Waals surface area contributed by atoms with Crippen molar-refractivity contribution in [3.63, 3.8) is 0 Å². The molecule has 0 radical (unpaired) electrons. The van der Waals surface area contributed by atoms with Crippen LogP contribution in [0.15, 0.2) is 42.5 Å². The standard InChI is InChI=1S/C20H16F2N2O5/c1-11(19(27)23-16-10-13(21)4-7-15(16)22)29-20(28)12-2-5-14(6-3-12)24-17(25)8-9-18(24)26/h2-7,10-11H,8-9H2,1H3,(H,23,27)/t11-/m1/s1. The maximum absolute atomic E-state index is 13.6. The Morgan fingerprint density at radius 2 is 1.66 bits per heavy atom. The van der Waals surface area contributed by atoms with E-state index in [1.54, 1.807) is 0 Å². The molecule has 1 aliphatic rings. The molecule has 1 atom stereocenters. The fourth-order valence-corrected chi connectivity index (χ4v) is 2.72. The molecule has 0 spiro atoms. The summed E-state index contributed by atoms with van der Waals surface area (Å²) in [7, 11) is 0. The minimum absolute atomic E-state index is 0.0874. The van der Waals surface area contributed by atoms with Crippen LogP contribution in [-0.2, 0) is 19.1 Å². The Labute approximate surface area is 164 Å². The molecule has 9 heteroatoms. The van der Waals surface area contributed by atoms with Crippen molar-refractivity contribution in [2.24, 2.45) is 0 Å². The number of hydrogen-bond acceptors (Lipinski definition) is 5. The number of anilines is 2. The monoisotopic (exact) mass is 402 g/mol. The van der Waals surface area contributed by atoms with Crippen LogP contribution in [-0.4, -0.2) is 29.8 Å². The molecule has 0 aromatic heterocycles. The molecule has 2 aromatic carbocycles. The van der Waals surface area contributed by atoms with Gasteiger partial charge in [0.15, 0.2) is 6.10 Å². The van der Waals surface area contributed by atoms with Crippen molar-refractivity contribution < 1.29 is 32.7 Å². The Balaban J connectivity index is 1.63. The van der Waals surface area contributed by atoms with Crippen molar-refractivity contribution in [3.8, 4) is 0 Å². The van der Waals surface area contributed by atoms with Crippen molar-refractivity contribution in [2.45, 2.75) is 25.9 Å². The molecule has 1 saturated heterocycles. The van der Waals surface area contributed by atoms with E-state index in [0.717, 1.165) is 23.1 Å². The number of amides is 3. The molecule has 2 aromatic rings. The third-order valence-electron chi connectivity index (χ3n) is 4.25. The summed E-state index contributed by atoms with van der Waals surface area (Å²) in [5, 5.41) is 2.15. The molecule has 1 fully saturated rings. The first kappa shape index (κ1) is 20.1. The summed E-state index contributed by atoms with van der Waals surface area (Å²) in [6, 6.07) is 8.12. The van der Waals surface area contributed by atoms with Gasteiger partial charge in [-0.05, 0) is 43.3 Å². The molecule has 0 saturated carbocycles. The molecular formula is C20H16F2N2O5. The average Bonchev–Trinajstić information content (AvgIpc) is 3.03. The van der Waals surface area contributed by atoms with Crippen LogP contribution in [0.25, 0.3) is 0 Å². The second-order valence-electron chi connectivity index (χ2n) is 6.33. The van der Waals surface area contributed by atoms with Gasteiger partial charge in [-0.1, -0.05) is 0 Å². The van der Waals surface area contributed by atoms with Crippen molar-refractivity contribution in [3.05, 3.63) is 59.7 Å². The summed E-state index contributed by atoms with van der Waals surface area (Å²) in [5.74, 6) is -3.88. The van der Waals surface area contributed by atoms with Gasteiger partial charge in [0.25, 0.3) is 5.91 Å². The smallest absolute Gasteiger partial charge is 0.338 e. The van der Waals surface area contributed by atoms with E-state index in [-0.39, 0.29) is 35.9 Å². The van der Waals surface area contributed by atoms with Crippen molar-refractivity contribution in [1.29, 1.82) is 0 Å². The summed E-state index contributed by atoms with van der Waals surface area (Å²) in [6.45, 7) is 1.28. The number of nitrogens with zero attached hydrogens (tertiary/aromatic N) is 1. The van der Waals surface area contributed by atoms with Crippen LogP contribution in [0, 0.1) is 11.6 Å². The zero-order chi connectivity index (χ0) is 21.1. The molecule has 3 rings (SSSR count). The Kier molecular flexibility index (Phi) is 5.67. The Bertz CT molecular complexity index is 975. The molecule has 150 valence electrons. The lowest BCUT2D eigenvalue weighted by atomic mass is 10.2. The minimum Gasteiger partial charge on any atom is -0.449 e. The van der Waals surface area contributed by atoms with Crippen molar-refractivity contribution in [2.75, 3.05) is 10.2 Å². The number of carbonyl (C=O) groups excluding carboxylic acids is 4. The number of rotatable bonds is 5. The van der Waals surface area contributed by atoms with Crippen molar-refractivity contribution >= 4 is 35.1 Å². The highest BCUT2D eigenvalue weighted by Crippen LogP contribution is 2.23. The van der Waals surface area contributed by atoms with Gasteiger partial charge in [0.05, 0.1) is 16.9 Å². The highest BCUT2D eigenvalue weighted by molar-refractivity contribution is 6.19. The predicted octanol–water partition coefficient (Wildman–Crippen LogP) is 2.80. The second kappa shape index (κ2) is 8.17. The molecule has 0 aliphatic carbocycles. The maximum Gasteiger partial charge on any atom is 0.338 e. The minimum atomic E-state index is -1.29. The zero-order valence-electron chi connectivity index (χ0n) is 15.3. The van der Waals surface area contributed by atoms with Gasteiger partial charge in [-0.3, -0.25) is 19.3 Å². The number of benzene rings is 2. The SMILES string of the molecule is C[C@@H](OC(=O)c1ccc(N2C(=O)CCC2=O)cc1)C(=O)Nc1cc(F)ccc1F. The Hall–Kier alpha value is -3.62. The highest BCUT2D eigenvalue weighted by Gasteiger charge is 2.30. The first-order chi connectivity index (χ1) is 13.8. The van der Waals surface area contributed by atoms with Gasteiger partial charge in [0.2, 0.25) is 11.8 Å². The summed E-state index contributed by atoms with van der Waals surface area (Å²) < 4.78 is 31.8. The zero-order valence-corrected chi connectivity index (χ0v) is 15.3. The lowest BCUT2D eigenvalue weighted by Gasteiger charge is -2.15. The molecule has 1 heterocycles. The van der Waals surface area contributed by atoms with Crippen LogP contribution < -0.4 is 10.2 Å². The maximum atomic E-state index is 13.6. The van der Waals surface area contributed by atoms with E-state index in [9.17, 15) is 28.0 Å². The van der Waals surface area contributed by atoms with Crippen LogP contribution in [0.5, 0.6) is 0 Å². The number of halogens is 2. The summed E-state index contributed by atoms with van der Waals surface area (Å²) >= 11 is 0. The molecule has 1 aliphatic heterocycles. The first-order valence-corrected chi connectivity index (χ1v) is 8.69. The van der Waals surface area contributed by atoms with E-state index < -0.39 is 29.6 Å². The normalized spacial score (nSPS) is 14.7. The highest BCUT2D eigenvalue weighted by atomic mass is 19.1. The van der Waals surface area contributed by atoms with Gasteiger partial charge in [0, 0.05) is 18.9 Å². The van der Waals surface area contributed by atoms with Crippen LogP contribution >= 0.6 is 0 Å². The fraction of sp³-hybridized carbons (Fsp3) is 0.200. The van der Waals surface area contributed by atoms with Crippen LogP contribution in [0.2, 0.25) is 0 Å². The summed E-state index contributed by atoms with van der Waals surface area (Å²) in [4.78, 5) is 48.8. The summed E-state index contributed by atoms with van der Waals surface area (Å²) in [6.07, 6.45) is -1.01. The lowest BCUT2D eigenvalue weighted by molar-refractivity contribution is -0.124. The van der Waals surface area contributed by atoms with Gasteiger partial charge < -0.3 is 10.1 Å². The molecule has 3 amide bonds. The third kappa shape index (κ3) is 4.45. The van der Waals surface area contributed by atoms with Crippen LogP contribution in [0.3, 0.4) is 0 Å². The van der Waals surface area contributed by atoms with E-state index in [2.05, 4.69) is 5.32 Å². The molecular weight excluding hydrogens is 386 g/mol. The average molecular weight is 402 g/mol. The van der Waals surface area contributed by atoms with Gasteiger partial charge in [-0.25, -0.2) is 13.6 Å². The van der Waals surface area contributed by atoms with E-state index in [1.165, 1.54) is 31.2 Å². The number of imide groups is 1. The molecule has 29 heavy (non-hydrogen) atoms. The van der Waals surface area contributed by atoms with Crippen molar-refractivity contribution in [1.82, 2.24) is 0 Å². The Morgan fingerprint density at radius 3 is 2.28 bits per heavy atom. The Morgan fingerprint density at radius 1 is 1.03 bits per heavy atom. The van der Waals surface area contributed by atoms with E-state index in [1.807, 2.05) is 0 Å². The quantitative estimate of drug-likeness (QED) is 0.613. The number of nitrogens with one attached hydrogen (secondary N) is 1. The molecule has 7 nitrogen and oxygen atoms in total. The summed E-state index contributed by atoms with van der Waals surface area (Å²) in [5.41, 5.74) is 0.0491. The van der Waals surface area contributed by atoms with E-state index >= 15 is 0 Å². The third-order valence-corrected chi connectivity index (χ3v) is 4.25. The molecule has 0 unspecified atom stereocenters.